The molecule has 0 spiro atoms. The Morgan fingerprint density at radius 1 is 1.09 bits per heavy atom. The summed E-state index contributed by atoms with van der Waals surface area (Å²) in [5.74, 6) is -0.694. The highest BCUT2D eigenvalue weighted by Gasteiger charge is 2.12. The summed E-state index contributed by atoms with van der Waals surface area (Å²) in [5.41, 5.74) is 7.35. The van der Waals surface area contributed by atoms with E-state index in [1.807, 2.05) is 31.2 Å². The van der Waals surface area contributed by atoms with Gasteiger partial charge in [0, 0.05) is 0 Å². The van der Waals surface area contributed by atoms with Gasteiger partial charge in [-0.2, -0.15) is 0 Å². The number of carbonyl (C=O) groups excluding carboxylic acids is 1. The lowest BCUT2D eigenvalue weighted by Gasteiger charge is -2.08. The van der Waals surface area contributed by atoms with Crippen molar-refractivity contribution >= 4 is 27.7 Å². The van der Waals surface area contributed by atoms with Gasteiger partial charge in [-0.05, 0) is 30.7 Å². The molecule has 0 unspecified atom stereocenters. The average Bonchev–Trinajstić information content (AvgIpc) is 2.46. The maximum Gasteiger partial charge on any atom is 0.255 e. The molecule has 0 aromatic heterocycles. The molecule has 0 atom stereocenters. The molecule has 0 fully saturated rings. The molecule has 0 saturated heterocycles. The molecule has 3 N–H and O–H groups in total. The van der Waals surface area contributed by atoms with Crippen LogP contribution in [0.15, 0.2) is 53.9 Å². The van der Waals surface area contributed by atoms with E-state index >= 15 is 0 Å². The Hall–Kier alpha value is -2.60. The summed E-state index contributed by atoms with van der Waals surface area (Å²) in [5, 5.41) is 1.05. The highest BCUT2D eigenvalue weighted by atomic mass is 32.2. The van der Waals surface area contributed by atoms with E-state index in [1.165, 1.54) is 18.2 Å². The number of carbonyl (C=O) groups is 1. The summed E-state index contributed by atoms with van der Waals surface area (Å²) in [6.07, 6.45) is 1.48. The van der Waals surface area contributed by atoms with E-state index in [0.29, 0.717) is 0 Å². The number of hydrogen-bond donors (Lipinski definition) is 2. The van der Waals surface area contributed by atoms with Crippen LogP contribution in [-0.4, -0.2) is 14.3 Å². The van der Waals surface area contributed by atoms with Crippen molar-refractivity contribution in [2.45, 2.75) is 6.92 Å². The van der Waals surface area contributed by atoms with Gasteiger partial charge in [0.2, 0.25) is 0 Å². The van der Waals surface area contributed by atoms with Crippen molar-refractivity contribution in [2.75, 3.05) is 4.72 Å². The molecular weight excluding hydrogens is 300 g/mol. The van der Waals surface area contributed by atoms with Crippen LogP contribution in [0.5, 0.6) is 0 Å². The lowest BCUT2D eigenvalue weighted by atomic mass is 10.2. The van der Waals surface area contributed by atoms with Crippen LogP contribution < -0.4 is 10.5 Å². The number of sulfonamides is 1. The molecule has 0 bridgehead atoms. The fraction of sp³-hybridized carbons (Fsp3) is 0.0625. The first-order chi connectivity index (χ1) is 10.4. The minimum Gasteiger partial charge on any atom is -0.366 e. The molecule has 0 aliphatic carbocycles. The Labute approximate surface area is 129 Å². The molecule has 0 aliphatic rings. The van der Waals surface area contributed by atoms with Gasteiger partial charge in [0.1, 0.15) is 0 Å². The highest BCUT2D eigenvalue weighted by molar-refractivity contribution is 7.95. The summed E-state index contributed by atoms with van der Waals surface area (Å²) in [7, 11) is -3.74. The van der Waals surface area contributed by atoms with Gasteiger partial charge in [-0.1, -0.05) is 42.0 Å². The third kappa shape index (κ3) is 4.20. The lowest BCUT2D eigenvalue weighted by Crippen LogP contribution is -2.16. The van der Waals surface area contributed by atoms with Crippen molar-refractivity contribution < 1.29 is 13.2 Å². The zero-order valence-corrected chi connectivity index (χ0v) is 12.8. The predicted molar refractivity (Wildman–Crippen MR) is 87.7 cm³/mol. The third-order valence-electron chi connectivity index (χ3n) is 2.96. The predicted octanol–water partition coefficient (Wildman–Crippen LogP) is 2.51. The largest absolute Gasteiger partial charge is 0.366 e. The van der Waals surface area contributed by atoms with Crippen molar-refractivity contribution in [3.63, 3.8) is 0 Å². The van der Waals surface area contributed by atoms with Gasteiger partial charge < -0.3 is 5.73 Å². The molecule has 2 aromatic rings. The standard InChI is InChI=1S/C16H16N2O3S/c1-12-6-8-13(9-7-12)10-11-22(20,21)18-15-5-3-2-4-14(15)16(17)19/h2-11,18H,1H3,(H2,17,19). The smallest absolute Gasteiger partial charge is 0.255 e. The number of amides is 1. The number of nitrogens with two attached hydrogens (primary N) is 1. The fourth-order valence-electron chi connectivity index (χ4n) is 1.82. The van der Waals surface area contributed by atoms with Crippen molar-refractivity contribution in [3.05, 3.63) is 70.6 Å². The monoisotopic (exact) mass is 316 g/mol. The van der Waals surface area contributed by atoms with Gasteiger partial charge in [-0.3, -0.25) is 9.52 Å². The molecule has 6 heteroatoms. The lowest BCUT2D eigenvalue weighted by molar-refractivity contribution is 0.100. The topological polar surface area (TPSA) is 89.3 Å². The molecule has 22 heavy (non-hydrogen) atoms. The molecule has 5 nitrogen and oxygen atoms in total. The normalized spacial score (nSPS) is 11.5. The zero-order chi connectivity index (χ0) is 16.2. The zero-order valence-electron chi connectivity index (χ0n) is 12.0. The number of benzene rings is 2. The van der Waals surface area contributed by atoms with Crippen LogP contribution in [0, 0.1) is 6.92 Å². The van der Waals surface area contributed by atoms with E-state index in [2.05, 4.69) is 4.72 Å². The van der Waals surface area contributed by atoms with Gasteiger partial charge in [0.05, 0.1) is 16.7 Å². The van der Waals surface area contributed by atoms with Gasteiger partial charge in [0.25, 0.3) is 15.9 Å². The van der Waals surface area contributed by atoms with E-state index in [0.717, 1.165) is 16.5 Å². The van der Waals surface area contributed by atoms with Gasteiger partial charge >= 0.3 is 0 Å². The first-order valence-corrected chi connectivity index (χ1v) is 8.08. The van der Waals surface area contributed by atoms with Gasteiger partial charge in [-0.25, -0.2) is 8.42 Å². The molecular formula is C16H16N2O3S. The van der Waals surface area contributed by atoms with Crippen molar-refractivity contribution in [3.8, 4) is 0 Å². The van der Waals surface area contributed by atoms with Crippen LogP contribution in [0.4, 0.5) is 5.69 Å². The average molecular weight is 316 g/mol. The van der Waals surface area contributed by atoms with Crippen molar-refractivity contribution in [1.29, 1.82) is 0 Å². The second-order valence-electron chi connectivity index (χ2n) is 4.77. The summed E-state index contributed by atoms with van der Waals surface area (Å²) >= 11 is 0. The first-order valence-electron chi connectivity index (χ1n) is 6.54. The minimum atomic E-state index is -3.74. The van der Waals surface area contributed by atoms with E-state index in [4.69, 9.17) is 5.73 Å². The molecule has 114 valence electrons. The van der Waals surface area contributed by atoms with Crippen LogP contribution in [0.25, 0.3) is 6.08 Å². The molecule has 0 saturated carbocycles. The second-order valence-corrected chi connectivity index (χ2v) is 6.34. The molecule has 0 radical (unpaired) electrons. The fourth-order valence-corrected chi connectivity index (χ4v) is 2.71. The Balaban J connectivity index is 2.21. The molecule has 1 amide bonds. The second kappa shape index (κ2) is 6.44. The summed E-state index contributed by atoms with van der Waals surface area (Å²) in [6, 6.07) is 13.6. The van der Waals surface area contributed by atoms with Crippen molar-refractivity contribution in [1.82, 2.24) is 0 Å². The molecule has 0 heterocycles. The van der Waals surface area contributed by atoms with Crippen LogP contribution in [-0.2, 0) is 10.0 Å². The summed E-state index contributed by atoms with van der Waals surface area (Å²) in [4.78, 5) is 11.3. The number of primary amides is 1. The van der Waals surface area contributed by atoms with E-state index in [1.54, 1.807) is 12.1 Å². The Morgan fingerprint density at radius 2 is 1.73 bits per heavy atom. The maximum absolute atomic E-state index is 12.1. The minimum absolute atomic E-state index is 0.120. The molecule has 2 aromatic carbocycles. The van der Waals surface area contributed by atoms with E-state index < -0.39 is 15.9 Å². The quantitative estimate of drug-likeness (QED) is 0.888. The Morgan fingerprint density at radius 3 is 2.36 bits per heavy atom. The number of anilines is 1. The van der Waals surface area contributed by atoms with Crippen LogP contribution in [0.1, 0.15) is 21.5 Å². The molecule has 2 rings (SSSR count). The van der Waals surface area contributed by atoms with Crippen molar-refractivity contribution in [2.24, 2.45) is 5.73 Å². The van der Waals surface area contributed by atoms with E-state index in [9.17, 15) is 13.2 Å². The summed E-state index contributed by atoms with van der Waals surface area (Å²) in [6.45, 7) is 1.95. The van der Waals surface area contributed by atoms with Crippen LogP contribution in [0.2, 0.25) is 0 Å². The highest BCUT2D eigenvalue weighted by Crippen LogP contribution is 2.17. The maximum atomic E-state index is 12.1. The number of para-hydroxylation sites is 1. The van der Waals surface area contributed by atoms with Gasteiger partial charge in [0.15, 0.2) is 0 Å². The number of hydrogen-bond acceptors (Lipinski definition) is 3. The van der Waals surface area contributed by atoms with Crippen LogP contribution in [0.3, 0.4) is 0 Å². The SMILES string of the molecule is Cc1ccc(C=CS(=O)(=O)Nc2ccccc2C(N)=O)cc1. The first kappa shape index (κ1) is 15.8. The van der Waals surface area contributed by atoms with Crippen LogP contribution >= 0.6 is 0 Å². The van der Waals surface area contributed by atoms with E-state index in [-0.39, 0.29) is 11.3 Å². The third-order valence-corrected chi connectivity index (χ3v) is 3.96. The number of rotatable bonds is 5. The number of nitrogens with one attached hydrogen (secondary N) is 1. The van der Waals surface area contributed by atoms with Gasteiger partial charge in [-0.15, -0.1) is 0 Å². The molecule has 0 aliphatic heterocycles. The Bertz CT molecular complexity index is 810. The number of aryl methyl sites for hydroxylation is 1. The Kier molecular flexibility index (Phi) is 4.62. The summed E-state index contributed by atoms with van der Waals surface area (Å²) < 4.78 is 26.5.